The predicted molar refractivity (Wildman–Crippen MR) is 69.2 cm³/mol. The number of hydrogen-bond donors (Lipinski definition) is 1. The number of fused-ring (bicyclic) bond motifs is 2. The lowest BCUT2D eigenvalue weighted by Crippen LogP contribution is -2.40. The highest BCUT2D eigenvalue weighted by atomic mass is 16.5. The third-order valence-electron chi connectivity index (χ3n) is 3.95. The Balaban J connectivity index is 1.56. The van der Waals surface area contributed by atoms with E-state index in [0.717, 1.165) is 18.9 Å². The van der Waals surface area contributed by atoms with Gasteiger partial charge < -0.3 is 15.4 Å². The van der Waals surface area contributed by atoms with Gasteiger partial charge in [0.05, 0.1) is 0 Å². The first kappa shape index (κ1) is 11.4. The number of piperidine rings is 1. The minimum atomic E-state index is 0.102. The lowest BCUT2D eigenvalue weighted by Gasteiger charge is -2.26. The summed E-state index contributed by atoms with van der Waals surface area (Å²) in [5, 5.41) is 0. The number of nitrogen functional groups attached to an aromatic ring is 1. The molecule has 96 valence electrons. The van der Waals surface area contributed by atoms with Crippen molar-refractivity contribution in [1.82, 2.24) is 4.90 Å². The molecule has 3 rings (SSSR count). The van der Waals surface area contributed by atoms with Gasteiger partial charge in [-0.15, -0.1) is 0 Å². The van der Waals surface area contributed by atoms with E-state index in [1.165, 1.54) is 12.8 Å². The molecule has 2 aliphatic rings. The summed E-state index contributed by atoms with van der Waals surface area (Å²) in [5.74, 6) is 1.49. The minimum absolute atomic E-state index is 0.102. The van der Waals surface area contributed by atoms with Gasteiger partial charge in [0, 0.05) is 24.3 Å². The van der Waals surface area contributed by atoms with Crippen LogP contribution in [0.5, 0.6) is 5.75 Å². The standard InChI is InChI=1S/C14H18N2O2/c15-11-2-1-3-13(7-11)18-9-14(17)16-8-10-4-5-12(16)6-10/h1-3,7,10,12H,4-6,8-9,15H2. The number of rotatable bonds is 3. The molecule has 18 heavy (non-hydrogen) atoms. The summed E-state index contributed by atoms with van der Waals surface area (Å²) in [4.78, 5) is 14.0. The Bertz CT molecular complexity index is 461. The zero-order chi connectivity index (χ0) is 12.5. The van der Waals surface area contributed by atoms with E-state index in [0.29, 0.717) is 17.5 Å². The van der Waals surface area contributed by atoms with Crippen molar-refractivity contribution in [2.75, 3.05) is 18.9 Å². The number of likely N-dealkylation sites (tertiary alicyclic amines) is 1. The van der Waals surface area contributed by atoms with Gasteiger partial charge in [-0.2, -0.15) is 0 Å². The summed E-state index contributed by atoms with van der Waals surface area (Å²) >= 11 is 0. The number of benzene rings is 1. The molecule has 2 N–H and O–H groups in total. The molecule has 1 aliphatic carbocycles. The third kappa shape index (κ3) is 2.15. The topological polar surface area (TPSA) is 55.6 Å². The van der Waals surface area contributed by atoms with Crippen molar-refractivity contribution in [3.8, 4) is 5.75 Å². The summed E-state index contributed by atoms with van der Waals surface area (Å²) in [6, 6.07) is 7.65. The second-order valence-corrected chi connectivity index (χ2v) is 5.24. The van der Waals surface area contributed by atoms with E-state index >= 15 is 0 Å². The van der Waals surface area contributed by atoms with Crippen LogP contribution in [0.2, 0.25) is 0 Å². The summed E-state index contributed by atoms with van der Waals surface area (Å²) in [5.41, 5.74) is 6.31. The van der Waals surface area contributed by atoms with Gasteiger partial charge in [0.15, 0.2) is 6.61 Å². The van der Waals surface area contributed by atoms with Crippen LogP contribution in [0.15, 0.2) is 24.3 Å². The Labute approximate surface area is 107 Å². The van der Waals surface area contributed by atoms with Gasteiger partial charge in [0.2, 0.25) is 0 Å². The number of hydrogen-bond acceptors (Lipinski definition) is 3. The van der Waals surface area contributed by atoms with Crippen LogP contribution in [-0.4, -0.2) is 30.0 Å². The average Bonchev–Trinajstić information content (AvgIpc) is 2.98. The smallest absolute Gasteiger partial charge is 0.260 e. The highest BCUT2D eigenvalue weighted by Crippen LogP contribution is 2.37. The van der Waals surface area contributed by atoms with Crippen molar-refractivity contribution < 1.29 is 9.53 Å². The zero-order valence-electron chi connectivity index (χ0n) is 10.3. The van der Waals surface area contributed by atoms with E-state index in [1.807, 2.05) is 17.0 Å². The molecule has 2 atom stereocenters. The molecule has 1 aliphatic heterocycles. The first-order valence-corrected chi connectivity index (χ1v) is 6.50. The number of amides is 1. The van der Waals surface area contributed by atoms with E-state index in [1.54, 1.807) is 12.1 Å². The molecular formula is C14H18N2O2. The molecule has 4 heteroatoms. The molecule has 1 heterocycles. The molecule has 2 fully saturated rings. The minimum Gasteiger partial charge on any atom is -0.484 e. The van der Waals surface area contributed by atoms with E-state index in [-0.39, 0.29) is 12.5 Å². The summed E-state index contributed by atoms with van der Waals surface area (Å²) < 4.78 is 5.50. The van der Waals surface area contributed by atoms with Crippen LogP contribution < -0.4 is 10.5 Å². The summed E-state index contributed by atoms with van der Waals surface area (Å²) in [6.45, 7) is 1.04. The fourth-order valence-electron chi connectivity index (χ4n) is 3.06. The van der Waals surface area contributed by atoms with E-state index in [4.69, 9.17) is 10.5 Å². The van der Waals surface area contributed by atoms with Crippen LogP contribution in [0.25, 0.3) is 0 Å². The maximum atomic E-state index is 12.1. The van der Waals surface area contributed by atoms with Crippen molar-refractivity contribution in [2.45, 2.75) is 25.3 Å². The second kappa shape index (κ2) is 4.52. The van der Waals surface area contributed by atoms with Crippen LogP contribution in [0.1, 0.15) is 19.3 Å². The lowest BCUT2D eigenvalue weighted by molar-refractivity contribution is -0.135. The largest absolute Gasteiger partial charge is 0.484 e. The normalized spacial score (nSPS) is 25.4. The van der Waals surface area contributed by atoms with Gasteiger partial charge in [-0.1, -0.05) is 6.07 Å². The first-order valence-electron chi connectivity index (χ1n) is 6.50. The SMILES string of the molecule is Nc1cccc(OCC(=O)N2CC3CCC2C3)c1. The van der Waals surface area contributed by atoms with E-state index in [2.05, 4.69) is 0 Å². The van der Waals surface area contributed by atoms with Gasteiger partial charge in [0.25, 0.3) is 5.91 Å². The van der Waals surface area contributed by atoms with Gasteiger partial charge in [-0.05, 0) is 37.3 Å². The Kier molecular flexibility index (Phi) is 2.86. The van der Waals surface area contributed by atoms with E-state index < -0.39 is 0 Å². The number of carbonyl (C=O) groups excluding carboxylic acids is 1. The molecule has 0 spiro atoms. The van der Waals surface area contributed by atoms with Crippen LogP contribution in [0.3, 0.4) is 0 Å². The van der Waals surface area contributed by atoms with Gasteiger partial charge in [0.1, 0.15) is 5.75 Å². The fourth-order valence-corrected chi connectivity index (χ4v) is 3.06. The van der Waals surface area contributed by atoms with Crippen molar-refractivity contribution in [2.24, 2.45) is 5.92 Å². The molecule has 1 aromatic carbocycles. The molecule has 1 aromatic rings. The number of anilines is 1. The molecular weight excluding hydrogens is 228 g/mol. The number of ether oxygens (including phenoxy) is 1. The Morgan fingerprint density at radius 2 is 2.33 bits per heavy atom. The summed E-state index contributed by atoms with van der Waals surface area (Å²) in [7, 11) is 0. The second-order valence-electron chi connectivity index (χ2n) is 5.24. The van der Waals surface area contributed by atoms with Gasteiger partial charge in [-0.25, -0.2) is 0 Å². The van der Waals surface area contributed by atoms with E-state index in [9.17, 15) is 4.79 Å². The molecule has 0 aromatic heterocycles. The first-order chi connectivity index (χ1) is 8.72. The van der Waals surface area contributed by atoms with Gasteiger partial charge in [-0.3, -0.25) is 4.79 Å². The van der Waals surface area contributed by atoms with Crippen LogP contribution in [0.4, 0.5) is 5.69 Å². The summed E-state index contributed by atoms with van der Waals surface area (Å²) in [6.07, 6.45) is 3.63. The Hall–Kier alpha value is -1.71. The lowest BCUT2D eigenvalue weighted by atomic mass is 10.1. The average molecular weight is 246 g/mol. The van der Waals surface area contributed by atoms with Crippen molar-refractivity contribution in [3.05, 3.63) is 24.3 Å². The highest BCUT2D eigenvalue weighted by molar-refractivity contribution is 5.78. The maximum Gasteiger partial charge on any atom is 0.260 e. The highest BCUT2D eigenvalue weighted by Gasteiger charge is 2.40. The third-order valence-corrected chi connectivity index (χ3v) is 3.95. The predicted octanol–water partition coefficient (Wildman–Crippen LogP) is 1.66. The fraction of sp³-hybridized carbons (Fsp3) is 0.500. The quantitative estimate of drug-likeness (QED) is 0.825. The van der Waals surface area contributed by atoms with Crippen LogP contribution in [-0.2, 0) is 4.79 Å². The van der Waals surface area contributed by atoms with Crippen LogP contribution in [0, 0.1) is 5.92 Å². The number of carbonyl (C=O) groups is 1. The maximum absolute atomic E-state index is 12.1. The van der Waals surface area contributed by atoms with Crippen LogP contribution >= 0.6 is 0 Å². The van der Waals surface area contributed by atoms with Gasteiger partial charge >= 0.3 is 0 Å². The van der Waals surface area contributed by atoms with Crippen molar-refractivity contribution in [3.63, 3.8) is 0 Å². The van der Waals surface area contributed by atoms with Crippen molar-refractivity contribution >= 4 is 11.6 Å². The molecule has 1 saturated heterocycles. The Morgan fingerprint density at radius 1 is 1.44 bits per heavy atom. The molecule has 4 nitrogen and oxygen atoms in total. The number of nitrogens with two attached hydrogens (primary N) is 1. The molecule has 1 amide bonds. The van der Waals surface area contributed by atoms with Crippen molar-refractivity contribution in [1.29, 1.82) is 0 Å². The molecule has 0 radical (unpaired) electrons. The molecule has 1 saturated carbocycles. The molecule has 2 unspecified atom stereocenters. The monoisotopic (exact) mass is 246 g/mol. The number of nitrogens with zero attached hydrogens (tertiary/aromatic N) is 1. The Morgan fingerprint density at radius 3 is 3.00 bits per heavy atom. The zero-order valence-corrected chi connectivity index (χ0v) is 10.3. The molecule has 2 bridgehead atoms.